The first-order chi connectivity index (χ1) is 12.8. The van der Waals surface area contributed by atoms with Gasteiger partial charge < -0.3 is 24.8 Å². The van der Waals surface area contributed by atoms with Crippen LogP contribution in [-0.2, 0) is 19.1 Å². The molecule has 7 heteroatoms. The van der Waals surface area contributed by atoms with Crippen molar-refractivity contribution in [3.8, 4) is 0 Å². The summed E-state index contributed by atoms with van der Waals surface area (Å²) in [6.07, 6.45) is 2.89. The van der Waals surface area contributed by atoms with Crippen LogP contribution in [0.4, 0.5) is 0 Å². The van der Waals surface area contributed by atoms with Gasteiger partial charge in [-0.15, -0.1) is 0 Å². The Labute approximate surface area is 159 Å². The van der Waals surface area contributed by atoms with E-state index in [0.29, 0.717) is 12.8 Å². The van der Waals surface area contributed by atoms with Gasteiger partial charge in [0.15, 0.2) is 0 Å². The minimum Gasteiger partial charge on any atom is -0.458 e. The zero-order chi connectivity index (χ0) is 20.1. The lowest BCUT2D eigenvalue weighted by Gasteiger charge is -2.29. The van der Waals surface area contributed by atoms with Gasteiger partial charge in [-0.05, 0) is 31.4 Å². The number of aliphatic hydroxyl groups is 3. The molecule has 27 heavy (non-hydrogen) atoms. The quantitative estimate of drug-likeness (QED) is 0.371. The molecule has 3 N–H and O–H groups in total. The summed E-state index contributed by atoms with van der Waals surface area (Å²) < 4.78 is 11.1. The summed E-state index contributed by atoms with van der Waals surface area (Å²) in [5, 5.41) is 28.2. The first-order valence-electron chi connectivity index (χ1n) is 9.13. The van der Waals surface area contributed by atoms with Crippen molar-refractivity contribution in [1.82, 2.24) is 0 Å². The molecule has 2 rings (SSSR count). The molecule has 2 aliphatic rings. The van der Waals surface area contributed by atoms with E-state index in [9.17, 15) is 19.8 Å². The van der Waals surface area contributed by atoms with Gasteiger partial charge in [0.2, 0.25) is 0 Å². The molecule has 0 aromatic heterocycles. The SMILES string of the molecule is C=C(C(=O)O[C@H]1CC(C)=CCC/C(CO)=C/[C@H]2OC(=O)[C@H](C)[C@H]12)C(O)CO. The molecule has 1 fully saturated rings. The summed E-state index contributed by atoms with van der Waals surface area (Å²) in [5.74, 6) is -2.12. The van der Waals surface area contributed by atoms with E-state index in [1.807, 2.05) is 13.0 Å². The Morgan fingerprint density at radius 3 is 2.78 bits per heavy atom. The van der Waals surface area contributed by atoms with E-state index >= 15 is 0 Å². The molecule has 1 saturated heterocycles. The Morgan fingerprint density at radius 1 is 1.44 bits per heavy atom. The fourth-order valence-electron chi connectivity index (χ4n) is 3.51. The van der Waals surface area contributed by atoms with Crippen LogP contribution in [0.3, 0.4) is 0 Å². The van der Waals surface area contributed by atoms with E-state index in [-0.39, 0.29) is 18.1 Å². The molecule has 1 heterocycles. The van der Waals surface area contributed by atoms with Crippen molar-refractivity contribution in [2.24, 2.45) is 11.8 Å². The van der Waals surface area contributed by atoms with E-state index in [1.54, 1.807) is 13.0 Å². The van der Waals surface area contributed by atoms with E-state index in [0.717, 1.165) is 17.6 Å². The Morgan fingerprint density at radius 2 is 2.15 bits per heavy atom. The molecule has 0 spiro atoms. The first kappa shape index (κ1) is 21.3. The summed E-state index contributed by atoms with van der Waals surface area (Å²) in [4.78, 5) is 24.5. The lowest BCUT2D eigenvalue weighted by molar-refractivity contribution is -0.149. The fourth-order valence-corrected chi connectivity index (χ4v) is 3.51. The van der Waals surface area contributed by atoms with Gasteiger partial charge in [0.05, 0.1) is 30.6 Å². The molecule has 1 unspecified atom stereocenters. The van der Waals surface area contributed by atoms with Crippen molar-refractivity contribution in [2.75, 3.05) is 13.2 Å². The van der Waals surface area contributed by atoms with Crippen LogP contribution in [0.5, 0.6) is 0 Å². The summed E-state index contributed by atoms with van der Waals surface area (Å²) in [6.45, 7) is 6.36. The molecule has 0 saturated carbocycles. The minimum atomic E-state index is -1.40. The number of aliphatic hydroxyl groups excluding tert-OH is 3. The molecule has 7 nitrogen and oxygen atoms in total. The molecule has 5 atom stereocenters. The number of fused-ring (bicyclic) bond motifs is 1. The summed E-state index contributed by atoms with van der Waals surface area (Å²) in [7, 11) is 0. The molecule has 0 amide bonds. The van der Waals surface area contributed by atoms with Crippen LogP contribution in [0, 0.1) is 11.8 Å². The third-order valence-corrected chi connectivity index (χ3v) is 5.19. The van der Waals surface area contributed by atoms with Gasteiger partial charge >= 0.3 is 11.9 Å². The maximum Gasteiger partial charge on any atom is 0.336 e. The number of ether oxygens (including phenoxy) is 2. The third kappa shape index (κ3) is 5.06. The highest BCUT2D eigenvalue weighted by Gasteiger charge is 2.47. The zero-order valence-corrected chi connectivity index (χ0v) is 15.8. The number of rotatable bonds is 5. The second kappa shape index (κ2) is 9.30. The number of esters is 2. The molecule has 0 bridgehead atoms. The van der Waals surface area contributed by atoms with Crippen LogP contribution < -0.4 is 0 Å². The Bertz CT molecular complexity index is 649. The van der Waals surface area contributed by atoms with Crippen molar-refractivity contribution in [3.63, 3.8) is 0 Å². The van der Waals surface area contributed by atoms with Gasteiger partial charge in [-0.1, -0.05) is 25.2 Å². The van der Waals surface area contributed by atoms with Gasteiger partial charge in [-0.2, -0.15) is 0 Å². The van der Waals surface area contributed by atoms with Gasteiger partial charge in [0, 0.05) is 6.42 Å². The second-order valence-corrected chi connectivity index (χ2v) is 7.21. The molecule has 0 radical (unpaired) electrons. The number of allylic oxidation sites excluding steroid dienone is 1. The topological polar surface area (TPSA) is 113 Å². The van der Waals surface area contributed by atoms with Gasteiger partial charge in [0.1, 0.15) is 18.3 Å². The Hall–Kier alpha value is -1.96. The van der Waals surface area contributed by atoms with Crippen molar-refractivity contribution in [3.05, 3.63) is 35.5 Å². The number of hydrogen-bond donors (Lipinski definition) is 3. The highest BCUT2D eigenvalue weighted by Crippen LogP contribution is 2.37. The zero-order valence-electron chi connectivity index (χ0n) is 15.8. The summed E-state index contributed by atoms with van der Waals surface area (Å²) in [6, 6.07) is 0. The third-order valence-electron chi connectivity index (χ3n) is 5.19. The average Bonchev–Trinajstić information content (AvgIpc) is 2.92. The molecule has 150 valence electrons. The molecule has 1 aliphatic carbocycles. The maximum atomic E-state index is 12.4. The largest absolute Gasteiger partial charge is 0.458 e. The van der Waals surface area contributed by atoms with Crippen LogP contribution in [0.25, 0.3) is 0 Å². The number of carbonyl (C=O) groups excluding carboxylic acids is 2. The molecule has 0 aromatic carbocycles. The van der Waals surface area contributed by atoms with E-state index < -0.39 is 42.7 Å². The predicted molar refractivity (Wildman–Crippen MR) is 97.4 cm³/mol. The smallest absolute Gasteiger partial charge is 0.336 e. The molecular weight excluding hydrogens is 352 g/mol. The van der Waals surface area contributed by atoms with Gasteiger partial charge in [-0.25, -0.2) is 4.79 Å². The first-order valence-corrected chi connectivity index (χ1v) is 9.13. The second-order valence-electron chi connectivity index (χ2n) is 7.21. The maximum absolute atomic E-state index is 12.4. The average molecular weight is 380 g/mol. The normalized spacial score (nSPS) is 31.7. The van der Waals surface area contributed by atoms with Crippen molar-refractivity contribution < 1.29 is 34.4 Å². The highest BCUT2D eigenvalue weighted by atomic mass is 16.6. The van der Waals surface area contributed by atoms with Crippen molar-refractivity contribution in [2.45, 2.75) is 51.4 Å². The van der Waals surface area contributed by atoms with Crippen LogP contribution in [0.15, 0.2) is 35.5 Å². The molecule has 1 aliphatic heterocycles. The van der Waals surface area contributed by atoms with Gasteiger partial charge in [0.25, 0.3) is 0 Å². The highest BCUT2D eigenvalue weighted by molar-refractivity contribution is 5.89. The predicted octanol–water partition coefficient (Wildman–Crippen LogP) is 1.03. The van der Waals surface area contributed by atoms with Crippen molar-refractivity contribution in [1.29, 1.82) is 0 Å². The van der Waals surface area contributed by atoms with E-state index in [4.69, 9.17) is 14.6 Å². The number of hydrogen-bond acceptors (Lipinski definition) is 7. The standard InChI is InChI=1S/C20H28O7/c1-11-5-4-6-14(9-21)8-17-18(13(3)20(25)27-17)16(7-11)26-19(24)12(2)15(23)10-22/h5,8,13,15-18,21-23H,2,4,6-7,9-10H2,1,3H3/b11-5?,14-8-/t13-,15?,16+,17-,18-/m1/s1. The fraction of sp³-hybridized carbons (Fsp3) is 0.600. The van der Waals surface area contributed by atoms with Crippen LogP contribution in [-0.4, -0.2) is 58.8 Å². The summed E-state index contributed by atoms with van der Waals surface area (Å²) >= 11 is 0. The Balaban J connectivity index is 2.34. The Kier molecular flexibility index (Phi) is 7.35. The number of carbonyl (C=O) groups is 2. The monoisotopic (exact) mass is 380 g/mol. The van der Waals surface area contributed by atoms with Crippen LogP contribution in [0.1, 0.15) is 33.1 Å². The van der Waals surface area contributed by atoms with Crippen LogP contribution in [0.2, 0.25) is 0 Å². The molecular formula is C20H28O7. The van der Waals surface area contributed by atoms with Crippen LogP contribution >= 0.6 is 0 Å². The minimum absolute atomic E-state index is 0.133. The molecule has 0 aromatic rings. The lowest BCUT2D eigenvalue weighted by Crippen LogP contribution is -2.37. The van der Waals surface area contributed by atoms with E-state index in [1.165, 1.54) is 0 Å². The lowest BCUT2D eigenvalue weighted by atomic mass is 9.82. The van der Waals surface area contributed by atoms with Gasteiger partial charge in [-0.3, -0.25) is 4.79 Å². The van der Waals surface area contributed by atoms with Crippen molar-refractivity contribution >= 4 is 11.9 Å². The van der Waals surface area contributed by atoms with E-state index in [2.05, 4.69) is 6.58 Å². The summed E-state index contributed by atoms with van der Waals surface area (Å²) in [5.41, 5.74) is 1.52.